The number of hydrogen-bond donors (Lipinski definition) is 0. The molecule has 128 valence electrons. The molecule has 6 heteroatoms. The van der Waals surface area contributed by atoms with Crippen LogP contribution in [0.5, 0.6) is 0 Å². The fourth-order valence-corrected chi connectivity index (χ4v) is 3.53. The largest absolute Gasteiger partial charge is 0.465 e. The molecular formula is C17H27N3O3. The number of rotatable bonds is 6. The molecule has 0 unspecified atom stereocenters. The van der Waals surface area contributed by atoms with E-state index in [2.05, 4.69) is 9.89 Å². The molecule has 1 heterocycles. The van der Waals surface area contributed by atoms with Crippen molar-refractivity contribution < 1.29 is 14.3 Å². The highest BCUT2D eigenvalue weighted by molar-refractivity contribution is 5.92. The van der Waals surface area contributed by atoms with Gasteiger partial charge in [-0.25, -0.2) is 0 Å². The van der Waals surface area contributed by atoms with Crippen LogP contribution in [0, 0.1) is 17.2 Å². The van der Waals surface area contributed by atoms with Crippen LogP contribution in [0.25, 0.3) is 0 Å². The molecule has 0 aromatic carbocycles. The molecule has 1 saturated carbocycles. The lowest BCUT2D eigenvalue weighted by Gasteiger charge is -2.47. The molecule has 2 rings (SSSR count). The first-order chi connectivity index (χ1) is 11.2. The number of carbonyl (C=O) groups is 1. The summed E-state index contributed by atoms with van der Waals surface area (Å²) in [7, 11) is 0. The van der Waals surface area contributed by atoms with Crippen molar-refractivity contribution in [3.05, 3.63) is 0 Å². The van der Waals surface area contributed by atoms with E-state index in [1.165, 1.54) is 25.5 Å². The molecule has 1 aliphatic heterocycles. The van der Waals surface area contributed by atoms with E-state index >= 15 is 0 Å². The van der Waals surface area contributed by atoms with E-state index in [0.29, 0.717) is 6.54 Å². The van der Waals surface area contributed by atoms with Crippen LogP contribution in [0.4, 0.5) is 0 Å². The van der Waals surface area contributed by atoms with Crippen molar-refractivity contribution in [3.63, 3.8) is 0 Å². The highest BCUT2D eigenvalue weighted by Crippen LogP contribution is 2.34. The van der Waals surface area contributed by atoms with E-state index in [1.54, 1.807) is 6.92 Å². The Hall–Kier alpha value is -1.45. The smallest absolute Gasteiger partial charge is 0.328 e. The lowest BCUT2D eigenvalue weighted by Crippen LogP contribution is -2.56. The zero-order valence-electron chi connectivity index (χ0n) is 14.0. The summed E-state index contributed by atoms with van der Waals surface area (Å²) >= 11 is 0. The number of esters is 1. The van der Waals surface area contributed by atoms with Crippen LogP contribution in [0.2, 0.25) is 0 Å². The molecule has 0 aromatic rings. The third-order valence-electron chi connectivity index (χ3n) is 4.79. The van der Waals surface area contributed by atoms with Crippen molar-refractivity contribution in [2.45, 2.75) is 44.6 Å². The predicted octanol–water partition coefficient (Wildman–Crippen LogP) is 1.80. The average molecular weight is 321 g/mol. The summed E-state index contributed by atoms with van der Waals surface area (Å²) in [6, 6.07) is 1.96. The van der Waals surface area contributed by atoms with Crippen molar-refractivity contribution in [1.82, 2.24) is 4.90 Å². The number of hydrogen-bond acceptors (Lipinski definition) is 6. The van der Waals surface area contributed by atoms with Gasteiger partial charge in [0, 0.05) is 24.8 Å². The third kappa shape index (κ3) is 4.76. The predicted molar refractivity (Wildman–Crippen MR) is 87.3 cm³/mol. The van der Waals surface area contributed by atoms with Gasteiger partial charge in [-0.15, -0.1) is 0 Å². The van der Waals surface area contributed by atoms with E-state index < -0.39 is 11.9 Å². The van der Waals surface area contributed by atoms with E-state index in [4.69, 9.17) is 14.7 Å². The Labute approximate surface area is 138 Å². The maximum absolute atomic E-state index is 11.7. The first kappa shape index (κ1) is 17.9. The Balaban J connectivity index is 2.01. The first-order valence-electron chi connectivity index (χ1n) is 8.61. The number of aliphatic imine (C=N–C) groups is 1. The molecule has 1 aliphatic carbocycles. The van der Waals surface area contributed by atoms with Crippen LogP contribution in [-0.2, 0) is 14.3 Å². The molecule has 1 atom stereocenters. The zero-order chi connectivity index (χ0) is 16.5. The molecule has 0 spiro atoms. The highest BCUT2D eigenvalue weighted by Gasteiger charge is 2.38. The Kier molecular flexibility index (Phi) is 7.00. The second-order valence-electron chi connectivity index (χ2n) is 6.23. The Morgan fingerprint density at radius 2 is 2.09 bits per heavy atom. The summed E-state index contributed by atoms with van der Waals surface area (Å²) in [4.78, 5) is 18.7. The summed E-state index contributed by atoms with van der Waals surface area (Å²) < 4.78 is 10.4. The first-order valence-corrected chi connectivity index (χ1v) is 8.61. The van der Waals surface area contributed by atoms with E-state index in [9.17, 15) is 4.79 Å². The number of morpholine rings is 1. The van der Waals surface area contributed by atoms with Gasteiger partial charge in [0.25, 0.3) is 0 Å². The molecule has 0 amide bonds. The van der Waals surface area contributed by atoms with Gasteiger partial charge >= 0.3 is 5.97 Å². The van der Waals surface area contributed by atoms with Crippen LogP contribution in [-0.4, -0.2) is 62.1 Å². The number of nitriles is 1. The van der Waals surface area contributed by atoms with Gasteiger partial charge in [0.15, 0.2) is 5.92 Å². The maximum atomic E-state index is 11.7. The summed E-state index contributed by atoms with van der Waals surface area (Å²) in [6.07, 6.45) is 7.43. The third-order valence-corrected chi connectivity index (χ3v) is 4.79. The number of carbonyl (C=O) groups excluding carboxylic acids is 1. The summed E-state index contributed by atoms with van der Waals surface area (Å²) in [5.74, 6) is -1.41. The fraction of sp³-hybridized carbons (Fsp3) is 0.824. The van der Waals surface area contributed by atoms with Crippen molar-refractivity contribution >= 4 is 12.2 Å². The monoisotopic (exact) mass is 321 g/mol. The van der Waals surface area contributed by atoms with Crippen LogP contribution in [0.1, 0.15) is 39.0 Å². The summed E-state index contributed by atoms with van der Waals surface area (Å²) in [5, 5.41) is 9.10. The van der Waals surface area contributed by atoms with Crippen LogP contribution in [0.15, 0.2) is 4.99 Å². The zero-order valence-corrected chi connectivity index (χ0v) is 14.0. The molecule has 0 aromatic heterocycles. The lowest BCUT2D eigenvalue weighted by atomic mass is 9.80. The van der Waals surface area contributed by atoms with Gasteiger partial charge in [-0.05, 0) is 19.8 Å². The normalized spacial score (nSPS) is 23.3. The molecule has 6 nitrogen and oxygen atoms in total. The molecule has 2 aliphatic rings. The molecule has 0 bridgehead atoms. The van der Waals surface area contributed by atoms with Crippen molar-refractivity contribution in [2.75, 3.05) is 39.5 Å². The minimum atomic E-state index is -0.903. The van der Waals surface area contributed by atoms with Gasteiger partial charge in [0.1, 0.15) is 0 Å². The van der Waals surface area contributed by atoms with Crippen LogP contribution >= 0.6 is 0 Å². The topological polar surface area (TPSA) is 74.9 Å². The second-order valence-corrected chi connectivity index (χ2v) is 6.23. The van der Waals surface area contributed by atoms with Crippen molar-refractivity contribution in [2.24, 2.45) is 10.9 Å². The number of nitrogens with zero attached hydrogens (tertiary/aromatic N) is 3. The maximum Gasteiger partial charge on any atom is 0.328 e. The molecular weight excluding hydrogens is 294 g/mol. The molecule has 1 saturated heterocycles. The van der Waals surface area contributed by atoms with Gasteiger partial charge in [-0.2, -0.15) is 5.26 Å². The van der Waals surface area contributed by atoms with Crippen molar-refractivity contribution in [3.8, 4) is 6.07 Å². The fourth-order valence-electron chi connectivity index (χ4n) is 3.53. The van der Waals surface area contributed by atoms with Gasteiger partial charge in [-0.3, -0.25) is 14.7 Å². The van der Waals surface area contributed by atoms with Crippen LogP contribution in [0.3, 0.4) is 0 Å². The van der Waals surface area contributed by atoms with E-state index in [-0.39, 0.29) is 12.1 Å². The molecule has 0 N–H and O–H groups in total. The van der Waals surface area contributed by atoms with Gasteiger partial charge in [0.2, 0.25) is 0 Å². The second kappa shape index (κ2) is 8.99. The summed E-state index contributed by atoms with van der Waals surface area (Å²) in [5.41, 5.74) is 0.0627. The van der Waals surface area contributed by atoms with Gasteiger partial charge in [0.05, 0.1) is 32.4 Å². The highest BCUT2D eigenvalue weighted by atomic mass is 16.5. The quantitative estimate of drug-likeness (QED) is 0.551. The number of ether oxygens (including phenoxy) is 2. The van der Waals surface area contributed by atoms with E-state index in [1.807, 2.05) is 6.07 Å². The Bertz CT molecular complexity index is 446. The molecule has 0 radical (unpaired) electrons. The standard InChI is InChI=1S/C17H27N3O3/c1-2-23-16(21)15(12-18)13-19-14-17(6-4-3-5-7-17)20-8-10-22-11-9-20/h13,15H,2-11,14H2,1H3/t15-/m0/s1. The SMILES string of the molecule is CCOC(=O)[C@@H](C#N)C=NCC1(N2CCOCC2)CCCCC1. The average Bonchev–Trinajstić information content (AvgIpc) is 2.60. The van der Waals surface area contributed by atoms with Crippen LogP contribution < -0.4 is 0 Å². The van der Waals surface area contributed by atoms with Gasteiger partial charge < -0.3 is 9.47 Å². The Morgan fingerprint density at radius 1 is 1.39 bits per heavy atom. The van der Waals surface area contributed by atoms with E-state index in [0.717, 1.165) is 39.1 Å². The molecule has 2 fully saturated rings. The minimum absolute atomic E-state index is 0.0627. The van der Waals surface area contributed by atoms with Crippen molar-refractivity contribution in [1.29, 1.82) is 5.26 Å². The van der Waals surface area contributed by atoms with Gasteiger partial charge in [-0.1, -0.05) is 19.3 Å². The Morgan fingerprint density at radius 3 is 2.70 bits per heavy atom. The lowest BCUT2D eigenvalue weighted by molar-refractivity contribution is -0.143. The molecule has 23 heavy (non-hydrogen) atoms. The summed E-state index contributed by atoms with van der Waals surface area (Å²) in [6.45, 7) is 6.08. The minimum Gasteiger partial charge on any atom is -0.465 e.